The zero-order valence-corrected chi connectivity index (χ0v) is 15.9. The molecule has 1 aromatic carbocycles. The molecule has 2 heterocycles. The number of piperidine rings is 1. The van der Waals surface area contributed by atoms with E-state index in [0.29, 0.717) is 29.4 Å². The van der Waals surface area contributed by atoms with Gasteiger partial charge in [-0.2, -0.15) is 0 Å². The molecule has 1 aliphatic carbocycles. The lowest BCUT2D eigenvalue weighted by Crippen LogP contribution is -2.48. The van der Waals surface area contributed by atoms with Crippen LogP contribution in [0.1, 0.15) is 61.7 Å². The minimum Gasteiger partial charge on any atom is -0.493 e. The van der Waals surface area contributed by atoms with Gasteiger partial charge < -0.3 is 19.7 Å². The minimum absolute atomic E-state index is 0.0713. The molecule has 26 heavy (non-hydrogen) atoms. The molecule has 142 valence electrons. The van der Waals surface area contributed by atoms with Crippen molar-refractivity contribution in [3.05, 3.63) is 23.8 Å². The number of ether oxygens (including phenoxy) is 2. The van der Waals surface area contributed by atoms with Crippen molar-refractivity contribution in [2.45, 2.75) is 75.6 Å². The molecule has 0 radical (unpaired) electrons. The second-order valence-corrected chi connectivity index (χ2v) is 8.07. The van der Waals surface area contributed by atoms with Crippen LogP contribution in [0, 0.1) is 0 Å². The molecule has 2 aliphatic heterocycles. The SMILES string of the molecule is COc1cc(C(=O)N(C)C2CC3CCC(C2)N3)ccc1OC1CCCC1. The smallest absolute Gasteiger partial charge is 0.253 e. The summed E-state index contributed by atoms with van der Waals surface area (Å²) in [6.45, 7) is 0. The van der Waals surface area contributed by atoms with Crippen molar-refractivity contribution in [3.8, 4) is 11.5 Å². The molecule has 3 aliphatic rings. The Morgan fingerprint density at radius 1 is 1.08 bits per heavy atom. The summed E-state index contributed by atoms with van der Waals surface area (Å²) in [5, 5.41) is 3.64. The standard InChI is InChI=1S/C21H30N2O3/c1-23(17-12-15-8-9-16(13-17)22-15)21(24)14-7-10-19(20(11-14)25-2)26-18-5-3-4-6-18/h7,10-11,15-18,22H,3-6,8-9,12-13H2,1-2H3. The van der Waals surface area contributed by atoms with Crippen molar-refractivity contribution in [2.75, 3.05) is 14.2 Å². The molecule has 0 aromatic heterocycles. The molecular weight excluding hydrogens is 328 g/mol. The lowest BCUT2D eigenvalue weighted by atomic mass is 9.98. The molecular formula is C21H30N2O3. The molecule has 5 nitrogen and oxygen atoms in total. The van der Waals surface area contributed by atoms with Crippen LogP contribution in [0.25, 0.3) is 0 Å². The van der Waals surface area contributed by atoms with E-state index in [1.54, 1.807) is 7.11 Å². The molecule has 2 saturated heterocycles. The topological polar surface area (TPSA) is 50.8 Å². The highest BCUT2D eigenvalue weighted by Gasteiger charge is 2.36. The van der Waals surface area contributed by atoms with Crippen molar-refractivity contribution in [1.29, 1.82) is 0 Å². The minimum atomic E-state index is 0.0713. The molecule has 1 amide bonds. The van der Waals surface area contributed by atoms with Crippen LogP contribution in [0.2, 0.25) is 0 Å². The molecule has 1 saturated carbocycles. The van der Waals surface area contributed by atoms with Crippen molar-refractivity contribution >= 4 is 5.91 Å². The highest BCUT2D eigenvalue weighted by Crippen LogP contribution is 2.34. The number of hydrogen-bond acceptors (Lipinski definition) is 4. The molecule has 2 atom stereocenters. The Hall–Kier alpha value is -1.75. The summed E-state index contributed by atoms with van der Waals surface area (Å²) < 4.78 is 11.6. The highest BCUT2D eigenvalue weighted by atomic mass is 16.5. The van der Waals surface area contributed by atoms with Gasteiger partial charge in [0.05, 0.1) is 13.2 Å². The first kappa shape index (κ1) is 17.7. The van der Waals surface area contributed by atoms with Gasteiger partial charge in [0.1, 0.15) is 0 Å². The third kappa shape index (κ3) is 3.54. The summed E-state index contributed by atoms with van der Waals surface area (Å²) >= 11 is 0. The van der Waals surface area contributed by atoms with Crippen LogP contribution in [-0.4, -0.2) is 49.2 Å². The second kappa shape index (κ2) is 7.47. The maximum Gasteiger partial charge on any atom is 0.253 e. The number of nitrogens with zero attached hydrogens (tertiary/aromatic N) is 1. The van der Waals surface area contributed by atoms with Gasteiger partial charge in [-0.15, -0.1) is 0 Å². The van der Waals surface area contributed by atoms with Gasteiger partial charge in [0, 0.05) is 30.7 Å². The van der Waals surface area contributed by atoms with E-state index in [2.05, 4.69) is 5.32 Å². The number of carbonyl (C=O) groups is 1. The number of hydrogen-bond donors (Lipinski definition) is 1. The van der Waals surface area contributed by atoms with Crippen molar-refractivity contribution < 1.29 is 14.3 Å². The number of methoxy groups -OCH3 is 1. The van der Waals surface area contributed by atoms with E-state index in [0.717, 1.165) is 31.4 Å². The van der Waals surface area contributed by atoms with Gasteiger partial charge in [-0.25, -0.2) is 0 Å². The molecule has 3 fully saturated rings. The normalized spacial score (nSPS) is 28.2. The molecule has 1 N–H and O–H groups in total. The van der Waals surface area contributed by atoms with Crippen molar-refractivity contribution in [3.63, 3.8) is 0 Å². The van der Waals surface area contributed by atoms with Crippen molar-refractivity contribution in [1.82, 2.24) is 10.2 Å². The maximum atomic E-state index is 13.0. The molecule has 5 heteroatoms. The van der Waals surface area contributed by atoms with E-state index < -0.39 is 0 Å². The summed E-state index contributed by atoms with van der Waals surface area (Å²) in [7, 11) is 3.58. The average Bonchev–Trinajstić information content (AvgIpc) is 3.30. The highest BCUT2D eigenvalue weighted by molar-refractivity contribution is 5.95. The third-order valence-electron chi connectivity index (χ3n) is 6.32. The molecule has 1 aromatic rings. The zero-order chi connectivity index (χ0) is 18.1. The van der Waals surface area contributed by atoms with Gasteiger partial charge in [-0.05, 0) is 69.6 Å². The first-order chi connectivity index (χ1) is 12.6. The molecule has 0 spiro atoms. The predicted octanol–water partition coefficient (Wildman–Crippen LogP) is 3.37. The Kier molecular flexibility index (Phi) is 5.07. The maximum absolute atomic E-state index is 13.0. The van der Waals surface area contributed by atoms with E-state index in [4.69, 9.17) is 9.47 Å². The summed E-state index contributed by atoms with van der Waals surface area (Å²) in [4.78, 5) is 14.9. The summed E-state index contributed by atoms with van der Waals surface area (Å²) in [5.74, 6) is 1.47. The third-order valence-corrected chi connectivity index (χ3v) is 6.32. The van der Waals surface area contributed by atoms with E-state index in [9.17, 15) is 4.79 Å². The van der Waals surface area contributed by atoms with E-state index in [1.807, 2.05) is 30.1 Å². The summed E-state index contributed by atoms with van der Waals surface area (Å²) in [6.07, 6.45) is 9.53. The van der Waals surface area contributed by atoms with Crippen LogP contribution >= 0.6 is 0 Å². The van der Waals surface area contributed by atoms with Crippen LogP contribution in [0.3, 0.4) is 0 Å². The van der Waals surface area contributed by atoms with Gasteiger partial charge in [-0.1, -0.05) is 0 Å². The number of carbonyl (C=O) groups excluding carboxylic acids is 1. The van der Waals surface area contributed by atoms with Crippen LogP contribution in [0.4, 0.5) is 0 Å². The Morgan fingerprint density at radius 2 is 1.77 bits per heavy atom. The number of amides is 1. The van der Waals surface area contributed by atoms with Crippen LogP contribution in [0.5, 0.6) is 11.5 Å². The Labute approximate surface area is 156 Å². The first-order valence-electron chi connectivity index (χ1n) is 10.0. The van der Waals surface area contributed by atoms with Crippen LogP contribution in [0.15, 0.2) is 18.2 Å². The lowest BCUT2D eigenvalue weighted by molar-refractivity contribution is 0.0681. The van der Waals surface area contributed by atoms with Crippen molar-refractivity contribution in [2.24, 2.45) is 0 Å². The summed E-state index contributed by atoms with van der Waals surface area (Å²) in [6, 6.07) is 7.07. The van der Waals surface area contributed by atoms with Gasteiger partial charge in [0.25, 0.3) is 5.91 Å². The van der Waals surface area contributed by atoms with E-state index in [1.165, 1.54) is 25.7 Å². The molecule has 4 rings (SSSR count). The largest absolute Gasteiger partial charge is 0.493 e. The first-order valence-corrected chi connectivity index (χ1v) is 10.0. The number of fused-ring (bicyclic) bond motifs is 2. The quantitative estimate of drug-likeness (QED) is 0.877. The Morgan fingerprint density at radius 3 is 2.42 bits per heavy atom. The van der Waals surface area contributed by atoms with Gasteiger partial charge >= 0.3 is 0 Å². The van der Waals surface area contributed by atoms with E-state index in [-0.39, 0.29) is 12.0 Å². The number of rotatable bonds is 5. The van der Waals surface area contributed by atoms with Crippen LogP contribution < -0.4 is 14.8 Å². The van der Waals surface area contributed by atoms with E-state index >= 15 is 0 Å². The fraction of sp³-hybridized carbons (Fsp3) is 0.667. The Bertz CT molecular complexity index is 645. The fourth-order valence-corrected chi connectivity index (χ4v) is 4.80. The monoisotopic (exact) mass is 358 g/mol. The predicted molar refractivity (Wildman–Crippen MR) is 101 cm³/mol. The molecule has 2 unspecified atom stereocenters. The zero-order valence-electron chi connectivity index (χ0n) is 15.9. The lowest BCUT2D eigenvalue weighted by Gasteiger charge is -2.35. The van der Waals surface area contributed by atoms with Gasteiger partial charge in [0.15, 0.2) is 11.5 Å². The van der Waals surface area contributed by atoms with Gasteiger partial charge in [-0.3, -0.25) is 4.79 Å². The fourth-order valence-electron chi connectivity index (χ4n) is 4.80. The summed E-state index contributed by atoms with van der Waals surface area (Å²) in [5.41, 5.74) is 0.675. The average molecular weight is 358 g/mol. The number of nitrogens with one attached hydrogen (secondary N) is 1. The number of benzene rings is 1. The Balaban J connectivity index is 1.46. The molecule has 2 bridgehead atoms. The second-order valence-electron chi connectivity index (χ2n) is 8.07. The van der Waals surface area contributed by atoms with Gasteiger partial charge in [0.2, 0.25) is 0 Å². The van der Waals surface area contributed by atoms with Crippen LogP contribution in [-0.2, 0) is 0 Å².